The molecule has 1 aromatic heterocycles. The van der Waals surface area contributed by atoms with Gasteiger partial charge in [0.05, 0.1) is 5.69 Å². The summed E-state index contributed by atoms with van der Waals surface area (Å²) in [6.45, 7) is 4.66. The highest BCUT2D eigenvalue weighted by atomic mass is 32.1. The molecule has 1 saturated heterocycles. The van der Waals surface area contributed by atoms with E-state index in [0.29, 0.717) is 12.3 Å². The number of piperidine rings is 1. The third kappa shape index (κ3) is 5.55. The molecule has 2 aromatic rings. The summed E-state index contributed by atoms with van der Waals surface area (Å²) >= 11 is 1.68. The average molecular weight is 400 g/mol. The summed E-state index contributed by atoms with van der Waals surface area (Å²) < 4.78 is 0. The van der Waals surface area contributed by atoms with E-state index in [-0.39, 0.29) is 5.91 Å². The molecule has 1 aliphatic rings. The number of thiazole rings is 1. The summed E-state index contributed by atoms with van der Waals surface area (Å²) in [7, 11) is 1.80. The van der Waals surface area contributed by atoms with Crippen LogP contribution in [0.3, 0.4) is 0 Å². The van der Waals surface area contributed by atoms with Crippen LogP contribution >= 0.6 is 11.3 Å². The summed E-state index contributed by atoms with van der Waals surface area (Å²) in [6.07, 6.45) is 3.41. The SMILES string of the molecule is CN=C(NCCc1csc(-c2ccc(C)cc2)n1)N1CCCC(CC(N)=O)C1. The number of rotatable bonds is 6. The maximum atomic E-state index is 11.2. The van der Waals surface area contributed by atoms with Crippen molar-refractivity contribution in [3.8, 4) is 10.6 Å². The van der Waals surface area contributed by atoms with E-state index in [4.69, 9.17) is 10.7 Å². The predicted molar refractivity (Wildman–Crippen MR) is 115 cm³/mol. The molecule has 1 amide bonds. The second-order valence-corrected chi connectivity index (χ2v) is 8.22. The van der Waals surface area contributed by atoms with E-state index in [1.807, 2.05) is 0 Å². The molecule has 1 unspecified atom stereocenters. The van der Waals surface area contributed by atoms with E-state index >= 15 is 0 Å². The van der Waals surface area contributed by atoms with Gasteiger partial charge in [-0.25, -0.2) is 4.98 Å². The average Bonchev–Trinajstić information content (AvgIpc) is 3.14. The first-order chi connectivity index (χ1) is 13.5. The van der Waals surface area contributed by atoms with Crippen molar-refractivity contribution in [1.29, 1.82) is 0 Å². The number of carbonyl (C=O) groups excluding carboxylic acids is 1. The number of amides is 1. The van der Waals surface area contributed by atoms with Crippen LogP contribution in [0.2, 0.25) is 0 Å². The quantitative estimate of drug-likeness (QED) is 0.578. The molecule has 1 aliphatic heterocycles. The summed E-state index contributed by atoms with van der Waals surface area (Å²) in [6, 6.07) is 8.48. The van der Waals surface area contributed by atoms with Crippen molar-refractivity contribution in [2.75, 3.05) is 26.7 Å². The molecule has 1 atom stereocenters. The van der Waals surface area contributed by atoms with Gasteiger partial charge in [-0.05, 0) is 25.7 Å². The van der Waals surface area contributed by atoms with E-state index in [2.05, 4.69) is 51.8 Å². The van der Waals surface area contributed by atoms with Gasteiger partial charge < -0.3 is 16.0 Å². The Bertz CT molecular complexity index is 814. The molecule has 1 aromatic carbocycles. The van der Waals surface area contributed by atoms with Crippen LogP contribution < -0.4 is 11.1 Å². The minimum absolute atomic E-state index is 0.220. The largest absolute Gasteiger partial charge is 0.370 e. The standard InChI is InChI=1S/C21H29N5OS/c1-15-5-7-17(8-6-15)20-25-18(14-28-20)9-10-24-21(23-2)26-11-3-4-16(13-26)12-19(22)27/h5-8,14,16H,3-4,9-13H2,1-2H3,(H2,22,27)(H,23,24). The van der Waals surface area contributed by atoms with Crippen molar-refractivity contribution in [3.05, 3.63) is 40.9 Å². The van der Waals surface area contributed by atoms with Crippen molar-refractivity contribution >= 4 is 23.2 Å². The lowest BCUT2D eigenvalue weighted by Gasteiger charge is -2.34. The maximum absolute atomic E-state index is 11.2. The third-order valence-corrected chi connectivity index (χ3v) is 5.97. The number of nitrogens with zero attached hydrogens (tertiary/aromatic N) is 3. The van der Waals surface area contributed by atoms with Gasteiger partial charge in [0.1, 0.15) is 5.01 Å². The zero-order chi connectivity index (χ0) is 19.9. The number of aliphatic imine (C=N–C) groups is 1. The van der Waals surface area contributed by atoms with Crippen LogP contribution in [0.5, 0.6) is 0 Å². The number of benzene rings is 1. The number of nitrogens with two attached hydrogens (primary N) is 1. The Morgan fingerprint density at radius 2 is 2.18 bits per heavy atom. The van der Waals surface area contributed by atoms with Crippen molar-refractivity contribution in [3.63, 3.8) is 0 Å². The number of hydrogen-bond acceptors (Lipinski definition) is 4. The lowest BCUT2D eigenvalue weighted by atomic mass is 9.95. The zero-order valence-electron chi connectivity index (χ0n) is 16.6. The van der Waals surface area contributed by atoms with Gasteiger partial charge in [-0.2, -0.15) is 0 Å². The van der Waals surface area contributed by atoms with Gasteiger partial charge in [-0.15, -0.1) is 11.3 Å². The van der Waals surface area contributed by atoms with E-state index in [1.165, 1.54) is 11.1 Å². The van der Waals surface area contributed by atoms with Crippen molar-refractivity contribution in [1.82, 2.24) is 15.2 Å². The van der Waals surface area contributed by atoms with E-state index in [9.17, 15) is 4.79 Å². The zero-order valence-corrected chi connectivity index (χ0v) is 17.5. The molecule has 3 N–H and O–H groups in total. The molecule has 28 heavy (non-hydrogen) atoms. The van der Waals surface area contributed by atoms with Crippen LogP contribution in [0.1, 0.15) is 30.5 Å². The van der Waals surface area contributed by atoms with E-state index in [1.54, 1.807) is 18.4 Å². The predicted octanol–water partition coefficient (Wildman–Crippen LogP) is 2.82. The Morgan fingerprint density at radius 3 is 2.89 bits per heavy atom. The first-order valence-electron chi connectivity index (χ1n) is 9.80. The third-order valence-electron chi connectivity index (χ3n) is 5.03. The fraction of sp³-hybridized carbons (Fsp3) is 0.476. The minimum atomic E-state index is -0.220. The van der Waals surface area contributed by atoms with E-state index < -0.39 is 0 Å². The molecule has 0 radical (unpaired) electrons. The Hall–Kier alpha value is -2.41. The molecule has 0 aliphatic carbocycles. The summed E-state index contributed by atoms with van der Waals surface area (Å²) in [5.74, 6) is 0.992. The summed E-state index contributed by atoms with van der Waals surface area (Å²) in [4.78, 5) is 22.6. The monoisotopic (exact) mass is 399 g/mol. The summed E-state index contributed by atoms with van der Waals surface area (Å²) in [5.41, 5.74) is 8.88. The van der Waals surface area contributed by atoms with Crippen LogP contribution in [0.25, 0.3) is 10.6 Å². The molecular weight excluding hydrogens is 370 g/mol. The number of aromatic nitrogens is 1. The molecule has 7 heteroatoms. The fourth-order valence-electron chi connectivity index (χ4n) is 3.59. The summed E-state index contributed by atoms with van der Waals surface area (Å²) in [5, 5.41) is 6.63. The second kappa shape index (κ2) is 9.68. The molecule has 6 nitrogen and oxygen atoms in total. The molecule has 0 saturated carbocycles. The van der Waals surface area contributed by atoms with Crippen LogP contribution in [-0.4, -0.2) is 48.4 Å². The smallest absolute Gasteiger partial charge is 0.217 e. The highest BCUT2D eigenvalue weighted by molar-refractivity contribution is 7.13. The topological polar surface area (TPSA) is 83.6 Å². The number of nitrogens with one attached hydrogen (secondary N) is 1. The minimum Gasteiger partial charge on any atom is -0.370 e. The van der Waals surface area contributed by atoms with Gasteiger partial charge in [0.2, 0.25) is 5.91 Å². The van der Waals surface area contributed by atoms with Gasteiger partial charge in [-0.3, -0.25) is 9.79 Å². The Kier molecular flexibility index (Phi) is 7.03. The van der Waals surface area contributed by atoms with Crippen molar-refractivity contribution in [2.24, 2.45) is 16.6 Å². The number of guanidine groups is 1. The van der Waals surface area contributed by atoms with Crippen molar-refractivity contribution in [2.45, 2.75) is 32.6 Å². The highest BCUT2D eigenvalue weighted by Gasteiger charge is 2.23. The van der Waals surface area contributed by atoms with E-state index in [0.717, 1.165) is 55.6 Å². The number of carbonyl (C=O) groups is 1. The van der Waals surface area contributed by atoms with Crippen LogP contribution in [0.15, 0.2) is 34.6 Å². The van der Waals surface area contributed by atoms with Crippen LogP contribution in [0, 0.1) is 12.8 Å². The second-order valence-electron chi connectivity index (χ2n) is 7.36. The highest BCUT2D eigenvalue weighted by Crippen LogP contribution is 2.24. The molecular formula is C21H29N5OS. The number of aryl methyl sites for hydroxylation is 1. The van der Waals surface area contributed by atoms with Gasteiger partial charge in [-0.1, -0.05) is 29.8 Å². The van der Waals surface area contributed by atoms with Gasteiger partial charge in [0.15, 0.2) is 5.96 Å². The van der Waals surface area contributed by atoms with Gasteiger partial charge in [0.25, 0.3) is 0 Å². The molecule has 3 rings (SSSR count). The van der Waals surface area contributed by atoms with Crippen LogP contribution in [-0.2, 0) is 11.2 Å². The number of hydrogen-bond donors (Lipinski definition) is 2. The fourth-order valence-corrected chi connectivity index (χ4v) is 4.45. The maximum Gasteiger partial charge on any atom is 0.217 e. The molecule has 0 bridgehead atoms. The molecule has 2 heterocycles. The molecule has 1 fully saturated rings. The number of likely N-dealkylation sites (tertiary alicyclic amines) is 1. The lowest BCUT2D eigenvalue weighted by molar-refractivity contribution is -0.119. The van der Waals surface area contributed by atoms with Gasteiger partial charge >= 0.3 is 0 Å². The first kappa shape index (κ1) is 20.3. The van der Waals surface area contributed by atoms with Crippen LogP contribution in [0.4, 0.5) is 0 Å². The Labute approximate surface area is 170 Å². The first-order valence-corrected chi connectivity index (χ1v) is 10.7. The van der Waals surface area contributed by atoms with Crippen molar-refractivity contribution < 1.29 is 4.79 Å². The normalized spacial score (nSPS) is 17.6. The Balaban J connectivity index is 1.51. The molecule has 0 spiro atoms. The lowest BCUT2D eigenvalue weighted by Crippen LogP contribution is -2.47. The molecule has 150 valence electrons. The Morgan fingerprint density at radius 1 is 1.39 bits per heavy atom. The number of primary amides is 1. The van der Waals surface area contributed by atoms with Gasteiger partial charge in [0, 0.05) is 50.5 Å².